The number of carbonyl (C=O) groups is 1. The van der Waals surface area contributed by atoms with Crippen molar-refractivity contribution in [1.82, 2.24) is 5.06 Å². The molecule has 1 aliphatic heterocycles. The van der Waals surface area contributed by atoms with Crippen molar-refractivity contribution < 1.29 is 9.63 Å². The number of nitrogens with zero attached hydrogens (tertiary/aromatic N) is 1. The van der Waals surface area contributed by atoms with Gasteiger partial charge in [-0.25, -0.2) is 4.79 Å². The van der Waals surface area contributed by atoms with Crippen LogP contribution in [0.15, 0.2) is 9.85 Å². The molecule has 0 unspecified atom stereocenters. The van der Waals surface area contributed by atoms with Crippen LogP contribution < -0.4 is 0 Å². The second-order valence-corrected chi connectivity index (χ2v) is 8.89. The average molecular weight is 360 g/mol. The Labute approximate surface area is 133 Å². The molecular weight excluding hydrogens is 338 g/mol. The van der Waals surface area contributed by atoms with Crippen LogP contribution >= 0.6 is 27.3 Å². The maximum atomic E-state index is 11.9. The molecular formula is C15H22BrNO2S. The van der Waals surface area contributed by atoms with Crippen LogP contribution in [0.4, 0.5) is 0 Å². The Hall–Kier alpha value is -0.390. The summed E-state index contributed by atoms with van der Waals surface area (Å²) in [7, 11) is 0. The van der Waals surface area contributed by atoms with Crippen LogP contribution in [0.2, 0.25) is 0 Å². The molecule has 0 atom stereocenters. The summed E-state index contributed by atoms with van der Waals surface area (Å²) in [4.78, 5) is 18.8. The van der Waals surface area contributed by atoms with Gasteiger partial charge in [-0.05, 0) is 74.0 Å². The summed E-state index contributed by atoms with van der Waals surface area (Å²) in [5, 5.41) is 1.82. The van der Waals surface area contributed by atoms with E-state index in [0.29, 0.717) is 5.92 Å². The maximum absolute atomic E-state index is 11.9. The molecule has 112 valence electrons. The van der Waals surface area contributed by atoms with Gasteiger partial charge in [0.2, 0.25) is 0 Å². The van der Waals surface area contributed by atoms with Gasteiger partial charge in [0, 0.05) is 18.0 Å². The molecule has 0 bridgehead atoms. The molecule has 20 heavy (non-hydrogen) atoms. The van der Waals surface area contributed by atoms with Crippen molar-refractivity contribution in [2.24, 2.45) is 5.41 Å². The van der Waals surface area contributed by atoms with Crippen molar-refractivity contribution in [2.75, 3.05) is 13.1 Å². The quantitative estimate of drug-likeness (QED) is 0.778. The molecule has 1 aromatic rings. The lowest BCUT2D eigenvalue weighted by Gasteiger charge is -2.32. The molecule has 0 amide bonds. The number of carbonyl (C=O) groups excluding carboxylic acids is 1. The number of thiophene rings is 1. The summed E-state index contributed by atoms with van der Waals surface area (Å²) in [6, 6.07) is 2.19. The molecule has 0 radical (unpaired) electrons. The van der Waals surface area contributed by atoms with E-state index in [-0.39, 0.29) is 5.97 Å². The first kappa shape index (κ1) is 16.0. The molecule has 1 aliphatic rings. The highest BCUT2D eigenvalue weighted by Gasteiger charge is 2.29. The van der Waals surface area contributed by atoms with Crippen molar-refractivity contribution in [1.29, 1.82) is 0 Å². The zero-order valence-corrected chi connectivity index (χ0v) is 14.9. The Morgan fingerprint density at radius 1 is 1.40 bits per heavy atom. The Balaban J connectivity index is 1.90. The van der Waals surface area contributed by atoms with E-state index in [0.717, 1.165) is 25.9 Å². The monoisotopic (exact) mass is 359 g/mol. The molecule has 0 aromatic carbocycles. The molecule has 0 spiro atoms. The molecule has 1 fully saturated rings. The Morgan fingerprint density at radius 3 is 2.45 bits per heavy atom. The minimum absolute atomic E-state index is 0.147. The lowest BCUT2D eigenvalue weighted by molar-refractivity contribution is -0.204. The van der Waals surface area contributed by atoms with Gasteiger partial charge in [0.15, 0.2) is 0 Å². The van der Waals surface area contributed by atoms with Gasteiger partial charge in [0.1, 0.15) is 0 Å². The lowest BCUT2D eigenvalue weighted by Crippen LogP contribution is -2.38. The molecule has 1 aromatic heterocycles. The van der Waals surface area contributed by atoms with Crippen molar-refractivity contribution in [2.45, 2.75) is 46.5 Å². The van der Waals surface area contributed by atoms with Crippen LogP contribution in [0, 0.1) is 12.3 Å². The molecule has 0 saturated carbocycles. The van der Waals surface area contributed by atoms with E-state index in [4.69, 9.17) is 4.84 Å². The molecule has 1 saturated heterocycles. The number of piperidine rings is 1. The van der Waals surface area contributed by atoms with Gasteiger partial charge in [-0.1, -0.05) is 0 Å². The van der Waals surface area contributed by atoms with Gasteiger partial charge in [0.25, 0.3) is 0 Å². The summed E-state index contributed by atoms with van der Waals surface area (Å²) < 4.78 is 1.20. The minimum Gasteiger partial charge on any atom is -0.367 e. The van der Waals surface area contributed by atoms with Gasteiger partial charge < -0.3 is 4.84 Å². The topological polar surface area (TPSA) is 29.5 Å². The summed E-state index contributed by atoms with van der Waals surface area (Å²) in [6.07, 6.45) is 2.09. The number of halogens is 1. The molecule has 0 aliphatic carbocycles. The third-order valence-corrected chi connectivity index (χ3v) is 5.48. The third-order valence-electron chi connectivity index (χ3n) is 3.58. The van der Waals surface area contributed by atoms with Gasteiger partial charge in [0.05, 0.1) is 9.20 Å². The van der Waals surface area contributed by atoms with Crippen molar-refractivity contribution >= 4 is 33.2 Å². The summed E-state index contributed by atoms with van der Waals surface area (Å²) in [6.45, 7) is 9.46. The zero-order chi connectivity index (χ0) is 14.9. The molecule has 2 heterocycles. The number of rotatable bonds is 2. The van der Waals surface area contributed by atoms with Crippen LogP contribution in [-0.2, 0) is 9.63 Å². The van der Waals surface area contributed by atoms with E-state index in [1.165, 1.54) is 14.2 Å². The van der Waals surface area contributed by atoms with Gasteiger partial charge in [-0.15, -0.1) is 16.4 Å². The van der Waals surface area contributed by atoms with Gasteiger partial charge >= 0.3 is 5.97 Å². The summed E-state index contributed by atoms with van der Waals surface area (Å²) in [5.41, 5.74) is 0.929. The number of hydrogen-bond acceptors (Lipinski definition) is 4. The van der Waals surface area contributed by atoms with Crippen molar-refractivity contribution in [3.63, 3.8) is 0 Å². The zero-order valence-electron chi connectivity index (χ0n) is 12.5. The van der Waals surface area contributed by atoms with Crippen LogP contribution in [0.1, 0.15) is 50.0 Å². The highest BCUT2D eigenvalue weighted by atomic mass is 79.9. The molecule has 3 nitrogen and oxygen atoms in total. The first-order valence-corrected chi connectivity index (χ1v) is 8.61. The summed E-state index contributed by atoms with van der Waals surface area (Å²) >= 11 is 5.39. The van der Waals surface area contributed by atoms with Crippen LogP contribution in [-0.4, -0.2) is 24.1 Å². The maximum Gasteiger partial charge on any atom is 0.330 e. The largest absolute Gasteiger partial charge is 0.367 e. The van der Waals surface area contributed by atoms with E-state index in [1.807, 2.05) is 37.2 Å². The van der Waals surface area contributed by atoms with Gasteiger partial charge in [-0.2, -0.15) is 0 Å². The standard InChI is InChI=1S/C15H22BrNO2S/c1-10-9-12(16)20-13(10)11-5-7-17(8-6-11)19-14(18)15(2,3)4/h9,11H,5-8H2,1-4H3. The first-order chi connectivity index (χ1) is 9.27. The second-order valence-electron chi connectivity index (χ2n) is 6.43. The SMILES string of the molecule is Cc1cc(Br)sc1C1CCN(OC(=O)C(C)(C)C)CC1. The lowest BCUT2D eigenvalue weighted by atomic mass is 9.94. The highest BCUT2D eigenvalue weighted by molar-refractivity contribution is 9.11. The van der Waals surface area contributed by atoms with Crippen LogP contribution in [0.3, 0.4) is 0 Å². The predicted molar refractivity (Wildman–Crippen MR) is 85.9 cm³/mol. The highest BCUT2D eigenvalue weighted by Crippen LogP contribution is 2.37. The summed E-state index contributed by atoms with van der Waals surface area (Å²) in [5.74, 6) is 0.446. The first-order valence-electron chi connectivity index (χ1n) is 7.00. The molecule has 5 heteroatoms. The molecule has 2 rings (SSSR count). The smallest absolute Gasteiger partial charge is 0.330 e. The van der Waals surface area contributed by atoms with Crippen molar-refractivity contribution in [3.8, 4) is 0 Å². The Kier molecular flexibility index (Phi) is 4.92. The predicted octanol–water partition coefficient (Wildman–Crippen LogP) is 4.50. The van der Waals surface area contributed by atoms with Gasteiger partial charge in [-0.3, -0.25) is 0 Å². The van der Waals surface area contributed by atoms with E-state index < -0.39 is 5.41 Å². The average Bonchev–Trinajstić information content (AvgIpc) is 2.68. The number of hydrogen-bond donors (Lipinski definition) is 0. The second kappa shape index (κ2) is 6.16. The Morgan fingerprint density at radius 2 is 2.00 bits per heavy atom. The fourth-order valence-electron chi connectivity index (χ4n) is 2.33. The fraction of sp³-hybridized carbons (Fsp3) is 0.667. The van der Waals surface area contributed by atoms with Crippen molar-refractivity contribution in [3.05, 3.63) is 20.3 Å². The number of aryl methyl sites for hydroxylation is 1. The van der Waals surface area contributed by atoms with E-state index in [1.54, 1.807) is 0 Å². The molecule has 0 N–H and O–H groups in total. The normalized spacial score (nSPS) is 18.2. The van der Waals surface area contributed by atoms with E-state index >= 15 is 0 Å². The Bertz CT molecular complexity index is 485. The number of hydroxylamine groups is 2. The fourth-order valence-corrected chi connectivity index (χ4v) is 4.26. The minimum atomic E-state index is -0.438. The van der Waals surface area contributed by atoms with Crippen LogP contribution in [0.25, 0.3) is 0 Å². The third kappa shape index (κ3) is 3.83. The van der Waals surface area contributed by atoms with Crippen LogP contribution in [0.5, 0.6) is 0 Å². The van der Waals surface area contributed by atoms with E-state index in [9.17, 15) is 4.79 Å². The van der Waals surface area contributed by atoms with E-state index in [2.05, 4.69) is 28.9 Å².